The number of anilines is 2. The van der Waals surface area contributed by atoms with E-state index in [-0.39, 0.29) is 11.8 Å². The lowest BCUT2D eigenvalue weighted by Gasteiger charge is -2.34. The molecule has 1 atom stereocenters. The predicted octanol–water partition coefficient (Wildman–Crippen LogP) is 3.71. The summed E-state index contributed by atoms with van der Waals surface area (Å²) in [5.41, 5.74) is 3.60. The van der Waals surface area contributed by atoms with Gasteiger partial charge in [0.2, 0.25) is 5.91 Å². The summed E-state index contributed by atoms with van der Waals surface area (Å²) in [5.74, 6) is 1.99. The summed E-state index contributed by atoms with van der Waals surface area (Å²) in [6.07, 6.45) is 3.53. The number of nitrogens with one attached hydrogen (secondary N) is 1. The fourth-order valence-corrected chi connectivity index (χ4v) is 3.76. The van der Waals surface area contributed by atoms with Crippen LogP contribution in [-0.4, -0.2) is 38.9 Å². The number of rotatable bonds is 4. The Hall–Kier alpha value is -3.35. The minimum Gasteiger partial charge on any atom is -0.355 e. The minimum absolute atomic E-state index is 0.00572. The van der Waals surface area contributed by atoms with E-state index in [0.717, 1.165) is 47.8 Å². The largest absolute Gasteiger partial charge is 0.355 e. The highest BCUT2D eigenvalue weighted by Gasteiger charge is 2.28. The zero-order valence-electron chi connectivity index (χ0n) is 17.6. The minimum atomic E-state index is -0.117. The van der Waals surface area contributed by atoms with Gasteiger partial charge in [-0.1, -0.05) is 12.1 Å². The van der Waals surface area contributed by atoms with Gasteiger partial charge < -0.3 is 10.2 Å². The molecule has 30 heavy (non-hydrogen) atoms. The van der Waals surface area contributed by atoms with Gasteiger partial charge in [0.25, 0.3) is 0 Å². The number of carbonyl (C=O) groups is 1. The van der Waals surface area contributed by atoms with Gasteiger partial charge in [0, 0.05) is 36.2 Å². The number of piperidine rings is 1. The maximum atomic E-state index is 12.9. The number of hydrogen-bond acceptors (Lipinski definition) is 6. The topological polar surface area (TPSA) is 83.9 Å². The summed E-state index contributed by atoms with van der Waals surface area (Å²) in [6.45, 7) is 7.43. The van der Waals surface area contributed by atoms with Gasteiger partial charge in [0.15, 0.2) is 5.82 Å². The molecule has 1 aliphatic heterocycles. The van der Waals surface area contributed by atoms with Crippen molar-refractivity contribution >= 4 is 17.5 Å². The molecule has 0 aromatic carbocycles. The number of aromatic nitrogens is 4. The van der Waals surface area contributed by atoms with Crippen molar-refractivity contribution < 1.29 is 4.79 Å². The third-order valence-electron chi connectivity index (χ3n) is 5.49. The fourth-order valence-electron chi connectivity index (χ4n) is 3.76. The molecule has 1 saturated heterocycles. The van der Waals surface area contributed by atoms with Crippen LogP contribution in [0.5, 0.6) is 0 Å². The van der Waals surface area contributed by atoms with Gasteiger partial charge in [-0.05, 0) is 57.9 Å². The van der Waals surface area contributed by atoms with Crippen molar-refractivity contribution in [3.63, 3.8) is 0 Å². The number of nitrogens with zero attached hydrogens (tertiary/aromatic N) is 5. The molecule has 3 aromatic heterocycles. The summed E-state index contributed by atoms with van der Waals surface area (Å²) in [4.78, 5) is 33.3. The number of carbonyl (C=O) groups excluding carboxylic acids is 1. The van der Waals surface area contributed by atoms with Crippen molar-refractivity contribution in [2.75, 3.05) is 23.3 Å². The van der Waals surface area contributed by atoms with Crippen molar-refractivity contribution in [3.05, 3.63) is 59.5 Å². The molecule has 0 aliphatic carbocycles. The van der Waals surface area contributed by atoms with Crippen molar-refractivity contribution in [3.8, 4) is 11.5 Å². The monoisotopic (exact) mass is 402 g/mol. The third kappa shape index (κ3) is 4.30. The number of pyridine rings is 2. The molecule has 1 N–H and O–H groups in total. The summed E-state index contributed by atoms with van der Waals surface area (Å²) < 4.78 is 0. The molecular formula is C23H26N6O. The summed E-state index contributed by atoms with van der Waals surface area (Å²) >= 11 is 0. The Morgan fingerprint density at radius 2 is 1.93 bits per heavy atom. The molecular weight excluding hydrogens is 376 g/mol. The molecule has 4 rings (SSSR count). The van der Waals surface area contributed by atoms with Crippen LogP contribution >= 0.6 is 0 Å². The van der Waals surface area contributed by atoms with Crippen LogP contribution < -0.4 is 10.2 Å². The van der Waals surface area contributed by atoms with Crippen LogP contribution in [-0.2, 0) is 4.79 Å². The van der Waals surface area contributed by atoms with Crippen LogP contribution in [0.2, 0.25) is 0 Å². The highest BCUT2D eigenvalue weighted by atomic mass is 16.2. The van der Waals surface area contributed by atoms with Gasteiger partial charge in [-0.15, -0.1) is 0 Å². The summed E-state index contributed by atoms with van der Waals surface area (Å²) in [6, 6.07) is 11.4. The first-order valence-corrected chi connectivity index (χ1v) is 10.3. The van der Waals surface area contributed by atoms with E-state index in [0.29, 0.717) is 18.2 Å². The van der Waals surface area contributed by atoms with Crippen LogP contribution in [0.25, 0.3) is 11.5 Å². The maximum Gasteiger partial charge on any atom is 0.230 e. The molecule has 4 heterocycles. The summed E-state index contributed by atoms with van der Waals surface area (Å²) in [5, 5.41) is 2.97. The second kappa shape index (κ2) is 8.57. The van der Waals surface area contributed by atoms with Crippen LogP contribution in [0, 0.1) is 26.7 Å². The Balaban J connectivity index is 1.55. The molecule has 1 amide bonds. The second-order valence-corrected chi connectivity index (χ2v) is 7.73. The smallest absolute Gasteiger partial charge is 0.230 e. The molecule has 1 aliphatic rings. The van der Waals surface area contributed by atoms with Gasteiger partial charge in [-0.2, -0.15) is 0 Å². The lowest BCUT2D eigenvalue weighted by atomic mass is 9.96. The Labute approximate surface area is 176 Å². The standard InChI is InChI=1S/C23H26N6O/c1-15-8-6-11-20(25-15)27-23(30)18-9-7-13-29(14-18)22-16(2)17(3)26-21(28-22)19-10-4-5-12-24-19/h4-6,8,10-12,18H,7,9,13-14H2,1-3H3,(H,25,27,30). The average Bonchev–Trinajstić information content (AvgIpc) is 2.76. The molecule has 1 unspecified atom stereocenters. The predicted molar refractivity (Wildman–Crippen MR) is 117 cm³/mol. The number of aryl methyl sites for hydroxylation is 2. The molecule has 154 valence electrons. The Kier molecular flexibility index (Phi) is 5.70. The first kappa shape index (κ1) is 19.9. The molecule has 0 saturated carbocycles. The third-order valence-corrected chi connectivity index (χ3v) is 5.49. The van der Waals surface area contributed by atoms with Crippen molar-refractivity contribution in [1.29, 1.82) is 0 Å². The van der Waals surface area contributed by atoms with E-state index in [9.17, 15) is 4.79 Å². The van der Waals surface area contributed by atoms with Crippen molar-refractivity contribution in [1.82, 2.24) is 19.9 Å². The SMILES string of the molecule is Cc1cccc(NC(=O)C2CCCN(c3nc(-c4ccccn4)nc(C)c3C)C2)n1. The van der Waals surface area contributed by atoms with Gasteiger partial charge in [-0.3, -0.25) is 9.78 Å². The van der Waals surface area contributed by atoms with Crippen LogP contribution in [0.1, 0.15) is 29.8 Å². The molecule has 7 heteroatoms. The zero-order chi connectivity index (χ0) is 21.1. The lowest BCUT2D eigenvalue weighted by Crippen LogP contribution is -2.41. The molecule has 0 radical (unpaired) electrons. The van der Waals surface area contributed by atoms with Gasteiger partial charge in [0.05, 0.1) is 5.92 Å². The molecule has 7 nitrogen and oxygen atoms in total. The van der Waals surface area contributed by atoms with Gasteiger partial charge >= 0.3 is 0 Å². The second-order valence-electron chi connectivity index (χ2n) is 7.73. The highest BCUT2D eigenvalue weighted by Crippen LogP contribution is 2.28. The lowest BCUT2D eigenvalue weighted by molar-refractivity contribution is -0.120. The molecule has 0 spiro atoms. The quantitative estimate of drug-likeness (QED) is 0.716. The van der Waals surface area contributed by atoms with E-state index >= 15 is 0 Å². The number of amides is 1. The van der Waals surface area contributed by atoms with E-state index in [1.165, 1.54) is 0 Å². The number of hydrogen-bond donors (Lipinski definition) is 1. The highest BCUT2D eigenvalue weighted by molar-refractivity contribution is 5.92. The van der Waals surface area contributed by atoms with E-state index in [1.54, 1.807) is 6.20 Å². The van der Waals surface area contributed by atoms with Gasteiger partial charge in [0.1, 0.15) is 17.3 Å². The first-order chi connectivity index (χ1) is 14.5. The van der Waals surface area contributed by atoms with Crippen LogP contribution in [0.4, 0.5) is 11.6 Å². The Morgan fingerprint density at radius 1 is 1.07 bits per heavy atom. The Morgan fingerprint density at radius 3 is 2.70 bits per heavy atom. The maximum absolute atomic E-state index is 12.9. The van der Waals surface area contributed by atoms with Gasteiger partial charge in [-0.25, -0.2) is 15.0 Å². The molecule has 0 bridgehead atoms. The average molecular weight is 403 g/mol. The van der Waals surface area contributed by atoms with Crippen LogP contribution in [0.15, 0.2) is 42.6 Å². The fraction of sp³-hybridized carbons (Fsp3) is 0.348. The summed E-state index contributed by atoms with van der Waals surface area (Å²) in [7, 11) is 0. The van der Waals surface area contributed by atoms with E-state index in [1.807, 2.05) is 57.2 Å². The van der Waals surface area contributed by atoms with Crippen molar-refractivity contribution in [2.24, 2.45) is 5.92 Å². The first-order valence-electron chi connectivity index (χ1n) is 10.3. The Bertz CT molecular complexity index is 1050. The van der Waals surface area contributed by atoms with E-state index in [2.05, 4.69) is 25.2 Å². The van der Waals surface area contributed by atoms with E-state index in [4.69, 9.17) is 4.98 Å². The van der Waals surface area contributed by atoms with Crippen molar-refractivity contribution in [2.45, 2.75) is 33.6 Å². The molecule has 3 aromatic rings. The zero-order valence-corrected chi connectivity index (χ0v) is 17.6. The molecule has 1 fully saturated rings. The van der Waals surface area contributed by atoms with E-state index < -0.39 is 0 Å². The van der Waals surface area contributed by atoms with Crippen LogP contribution in [0.3, 0.4) is 0 Å². The normalized spacial score (nSPS) is 16.4.